The lowest BCUT2D eigenvalue weighted by molar-refractivity contribution is -0.384. The van der Waals surface area contributed by atoms with Gasteiger partial charge in [0.2, 0.25) is 10.0 Å². The van der Waals surface area contributed by atoms with Gasteiger partial charge in [0.15, 0.2) is 6.61 Å². The van der Waals surface area contributed by atoms with Crippen LogP contribution < -0.4 is 15.2 Å². The monoisotopic (exact) mass is 550 g/mol. The summed E-state index contributed by atoms with van der Waals surface area (Å²) in [5.41, 5.74) is -0.600. The molecule has 3 aromatic rings. The number of primary sulfonamides is 1. The first-order valence-corrected chi connectivity index (χ1v) is 13.0. The molecule has 1 amide bonds. The number of benzene rings is 3. The Bertz CT molecular complexity index is 1570. The first-order valence-electron chi connectivity index (χ1n) is 9.96. The summed E-state index contributed by atoms with van der Waals surface area (Å²) < 4.78 is 54.9. The summed E-state index contributed by atoms with van der Waals surface area (Å²) in [6.07, 6.45) is 0. The lowest BCUT2D eigenvalue weighted by Gasteiger charge is -2.11. The van der Waals surface area contributed by atoms with Crippen molar-refractivity contribution in [2.45, 2.75) is 9.79 Å². The van der Waals surface area contributed by atoms with Gasteiger partial charge in [-0.25, -0.2) is 26.8 Å². The van der Waals surface area contributed by atoms with E-state index < -0.39 is 59.7 Å². The van der Waals surface area contributed by atoms with Crippen LogP contribution >= 0.6 is 0 Å². The fourth-order valence-corrected chi connectivity index (χ4v) is 4.44. The number of nitro groups is 1. The van der Waals surface area contributed by atoms with E-state index in [4.69, 9.17) is 9.88 Å². The number of hydrogen-bond acceptors (Lipinski definition) is 10. The van der Waals surface area contributed by atoms with Crippen molar-refractivity contribution in [1.29, 1.82) is 0 Å². The zero-order chi connectivity index (χ0) is 27.4. The number of ether oxygens (including phenoxy) is 1. The number of rotatable bonds is 9. The molecule has 5 N–H and O–H groups in total. The minimum atomic E-state index is -4.28. The Balaban J connectivity index is 1.67. The molecule has 0 atom stereocenters. The second-order valence-corrected chi connectivity index (χ2v) is 10.5. The van der Waals surface area contributed by atoms with Gasteiger partial charge in [0, 0.05) is 23.5 Å². The number of amides is 1. The molecule has 0 unspecified atom stereocenters. The van der Waals surface area contributed by atoms with Crippen LogP contribution in [0.1, 0.15) is 10.4 Å². The van der Waals surface area contributed by atoms with Crippen LogP contribution in [0, 0.1) is 10.1 Å². The maximum absolute atomic E-state index is 12.7. The molecule has 0 spiro atoms. The number of nitro benzene ring substituents is 1. The number of hydrogen-bond donors (Lipinski definition) is 4. The molecule has 14 nitrogen and oxygen atoms in total. The standard InChI is InChI=1S/C21H18N4O10S2/c22-36(31,32)16-7-3-13(4-8-16)23-20(27)12-35-21(28)18-11-17(9-10-19(18)26)37(33,34)24-14-1-5-15(6-2-14)25(29)30/h1-11,24,26H,12H2,(H,23,27)(H2,22,31,32). The summed E-state index contributed by atoms with van der Waals surface area (Å²) in [4.78, 5) is 33.9. The van der Waals surface area contributed by atoms with E-state index in [1.54, 1.807) is 0 Å². The van der Waals surface area contributed by atoms with E-state index in [0.717, 1.165) is 42.5 Å². The number of sulfonamides is 2. The van der Waals surface area contributed by atoms with Gasteiger partial charge in [0.1, 0.15) is 11.3 Å². The number of aromatic hydroxyl groups is 1. The molecule has 0 heterocycles. The van der Waals surface area contributed by atoms with Crippen LogP contribution in [0.5, 0.6) is 5.75 Å². The molecule has 3 aromatic carbocycles. The summed E-state index contributed by atoms with van der Waals surface area (Å²) in [5.74, 6) is -2.62. The molecule has 0 bridgehead atoms. The smallest absolute Gasteiger partial charge is 0.342 e. The number of nitrogens with zero attached hydrogens (tertiary/aromatic N) is 1. The fraction of sp³-hybridized carbons (Fsp3) is 0.0476. The maximum Gasteiger partial charge on any atom is 0.342 e. The molecule has 194 valence electrons. The highest BCUT2D eigenvalue weighted by atomic mass is 32.2. The third-order valence-electron chi connectivity index (χ3n) is 4.63. The van der Waals surface area contributed by atoms with E-state index in [1.165, 1.54) is 24.3 Å². The van der Waals surface area contributed by atoms with Crippen molar-refractivity contribution in [1.82, 2.24) is 0 Å². The SMILES string of the molecule is NS(=O)(=O)c1ccc(NC(=O)COC(=O)c2cc(S(=O)(=O)Nc3ccc([N+](=O)[O-])cc3)ccc2O)cc1. The van der Waals surface area contributed by atoms with Gasteiger partial charge in [0.25, 0.3) is 21.6 Å². The molecule has 0 saturated heterocycles. The summed E-state index contributed by atoms with van der Waals surface area (Å²) in [7, 11) is -8.19. The second-order valence-electron chi connectivity index (χ2n) is 7.28. The number of carbonyl (C=O) groups excluding carboxylic acids is 2. The number of carbonyl (C=O) groups is 2. The Hall–Kier alpha value is -4.54. The molecule has 0 fully saturated rings. The predicted octanol–water partition coefficient (Wildman–Crippen LogP) is 1.54. The molecule has 0 aliphatic carbocycles. The molecule has 0 aliphatic heterocycles. The van der Waals surface area contributed by atoms with E-state index in [0.29, 0.717) is 0 Å². The summed E-state index contributed by atoms with van der Waals surface area (Å²) in [6, 6.07) is 12.2. The molecule has 16 heteroatoms. The van der Waals surface area contributed by atoms with Gasteiger partial charge < -0.3 is 15.2 Å². The molecule has 0 aliphatic rings. The number of phenols is 1. The van der Waals surface area contributed by atoms with Crippen molar-refractivity contribution in [3.63, 3.8) is 0 Å². The van der Waals surface area contributed by atoms with Crippen molar-refractivity contribution in [2.24, 2.45) is 5.14 Å². The van der Waals surface area contributed by atoms with Crippen LogP contribution in [0.2, 0.25) is 0 Å². The van der Waals surface area contributed by atoms with Crippen LogP contribution in [0.3, 0.4) is 0 Å². The Morgan fingerprint density at radius 3 is 2.05 bits per heavy atom. The van der Waals surface area contributed by atoms with Gasteiger partial charge in [-0.1, -0.05) is 0 Å². The molecule has 0 radical (unpaired) electrons. The molecular formula is C21H18N4O10S2. The van der Waals surface area contributed by atoms with Crippen molar-refractivity contribution in [3.05, 3.63) is 82.4 Å². The first-order chi connectivity index (χ1) is 17.3. The van der Waals surface area contributed by atoms with E-state index in [2.05, 4.69) is 10.0 Å². The Kier molecular flexibility index (Phi) is 7.76. The highest BCUT2D eigenvalue weighted by Crippen LogP contribution is 2.25. The van der Waals surface area contributed by atoms with Crippen LogP contribution in [0.4, 0.5) is 17.1 Å². The molecule has 0 aromatic heterocycles. The van der Waals surface area contributed by atoms with Gasteiger partial charge in [0.05, 0.1) is 14.7 Å². The van der Waals surface area contributed by atoms with Gasteiger partial charge in [-0.15, -0.1) is 0 Å². The normalized spacial score (nSPS) is 11.4. The number of phenolic OH excluding ortho intramolecular Hbond substituents is 1. The van der Waals surface area contributed by atoms with E-state index in [9.17, 15) is 41.6 Å². The Labute approximate surface area is 209 Å². The predicted molar refractivity (Wildman–Crippen MR) is 129 cm³/mol. The molecule has 3 rings (SSSR count). The number of nitrogens with one attached hydrogen (secondary N) is 2. The molecular weight excluding hydrogens is 532 g/mol. The van der Waals surface area contributed by atoms with E-state index >= 15 is 0 Å². The number of anilines is 2. The number of non-ortho nitro benzene ring substituents is 1. The average Bonchev–Trinajstić information content (AvgIpc) is 2.82. The van der Waals surface area contributed by atoms with Gasteiger partial charge in [-0.2, -0.15) is 0 Å². The van der Waals surface area contributed by atoms with Gasteiger partial charge in [-0.05, 0) is 54.6 Å². The molecule has 0 saturated carbocycles. The van der Waals surface area contributed by atoms with Crippen molar-refractivity contribution in [3.8, 4) is 5.75 Å². The largest absolute Gasteiger partial charge is 0.507 e. The van der Waals surface area contributed by atoms with Crippen LogP contribution in [-0.2, 0) is 29.6 Å². The van der Waals surface area contributed by atoms with Crippen LogP contribution in [0.25, 0.3) is 0 Å². The number of esters is 1. The third kappa shape index (κ3) is 7.00. The first kappa shape index (κ1) is 27.1. The Morgan fingerprint density at radius 1 is 0.919 bits per heavy atom. The lowest BCUT2D eigenvalue weighted by Crippen LogP contribution is -2.21. The fourth-order valence-electron chi connectivity index (χ4n) is 2.84. The molecule has 37 heavy (non-hydrogen) atoms. The topological polar surface area (TPSA) is 225 Å². The summed E-state index contributed by atoms with van der Waals surface area (Å²) in [6.45, 7) is -0.812. The maximum atomic E-state index is 12.7. The van der Waals surface area contributed by atoms with Gasteiger partial charge in [-0.3, -0.25) is 19.6 Å². The zero-order valence-electron chi connectivity index (χ0n) is 18.5. The lowest BCUT2D eigenvalue weighted by atomic mass is 10.2. The van der Waals surface area contributed by atoms with Crippen LogP contribution in [0.15, 0.2) is 76.5 Å². The van der Waals surface area contributed by atoms with E-state index in [-0.39, 0.29) is 22.0 Å². The Morgan fingerprint density at radius 2 is 1.49 bits per heavy atom. The van der Waals surface area contributed by atoms with Crippen molar-refractivity contribution in [2.75, 3.05) is 16.6 Å². The zero-order valence-corrected chi connectivity index (χ0v) is 20.2. The van der Waals surface area contributed by atoms with Crippen molar-refractivity contribution >= 4 is 49.0 Å². The van der Waals surface area contributed by atoms with E-state index in [1.807, 2.05) is 0 Å². The highest BCUT2D eigenvalue weighted by molar-refractivity contribution is 7.92. The average molecular weight is 551 g/mol. The third-order valence-corrected chi connectivity index (χ3v) is 6.94. The minimum Gasteiger partial charge on any atom is -0.507 e. The second kappa shape index (κ2) is 10.6. The summed E-state index contributed by atoms with van der Waals surface area (Å²) >= 11 is 0. The number of nitrogens with two attached hydrogens (primary N) is 1. The minimum absolute atomic E-state index is 0.0107. The highest BCUT2D eigenvalue weighted by Gasteiger charge is 2.21. The van der Waals surface area contributed by atoms with Gasteiger partial charge >= 0.3 is 5.97 Å². The van der Waals surface area contributed by atoms with Crippen LogP contribution in [-0.4, -0.2) is 45.3 Å². The quantitative estimate of drug-likeness (QED) is 0.171. The van der Waals surface area contributed by atoms with Crippen molar-refractivity contribution < 1.29 is 41.2 Å². The summed E-state index contributed by atoms with van der Waals surface area (Å²) in [5, 5.41) is 28.1.